The highest BCUT2D eigenvalue weighted by Gasteiger charge is 2.17. The molecule has 0 spiro atoms. The molecule has 17 heavy (non-hydrogen) atoms. The van der Waals surface area contributed by atoms with E-state index < -0.39 is 0 Å². The smallest absolute Gasteiger partial charge is 0.220 e. The average Bonchev–Trinajstić information content (AvgIpc) is 2.35. The first-order valence-corrected chi connectivity index (χ1v) is 6.65. The molecule has 1 aromatic carbocycles. The van der Waals surface area contributed by atoms with Gasteiger partial charge in [-0.15, -0.1) is 0 Å². The number of nitrogens with one attached hydrogen (secondary N) is 1. The molecular weight excluding hydrogens is 234 g/mol. The van der Waals surface area contributed by atoms with E-state index in [2.05, 4.69) is 5.32 Å². The highest BCUT2D eigenvalue weighted by molar-refractivity contribution is 6.30. The number of carbonyl (C=O) groups is 1. The molecule has 1 heterocycles. The molecule has 0 aromatic heterocycles. The fraction of sp³-hybridized carbons (Fsp3) is 0.500. The second-order valence-corrected chi connectivity index (χ2v) is 4.42. The average molecular weight is 254 g/mol. The Morgan fingerprint density at radius 2 is 1.94 bits per heavy atom. The standard InChI is InChI=1S/C12H14ClNO.C2H6/c13-10-6-4-9(5-7-10)8-11-2-1-3-12(15)14-11;1-2/h4-7,11H,1-3,8H2,(H,14,15);1-2H3. The normalized spacial score (nSPS) is 19.0. The second kappa shape index (κ2) is 7.33. The van der Waals surface area contributed by atoms with Gasteiger partial charge in [0, 0.05) is 17.5 Å². The van der Waals surface area contributed by atoms with Gasteiger partial charge in [-0.1, -0.05) is 37.6 Å². The van der Waals surface area contributed by atoms with Crippen LogP contribution in [0.1, 0.15) is 38.7 Å². The molecular formula is C14H20ClNO. The van der Waals surface area contributed by atoms with Crippen LogP contribution in [0.25, 0.3) is 0 Å². The predicted octanol–water partition coefficient (Wildman–Crippen LogP) is 3.58. The van der Waals surface area contributed by atoms with Crippen molar-refractivity contribution in [3.8, 4) is 0 Å². The maximum atomic E-state index is 11.2. The van der Waals surface area contributed by atoms with Crippen LogP contribution in [-0.2, 0) is 11.2 Å². The van der Waals surface area contributed by atoms with Gasteiger partial charge >= 0.3 is 0 Å². The Morgan fingerprint density at radius 3 is 2.53 bits per heavy atom. The summed E-state index contributed by atoms with van der Waals surface area (Å²) < 4.78 is 0. The third kappa shape index (κ3) is 4.78. The van der Waals surface area contributed by atoms with Gasteiger partial charge in [-0.2, -0.15) is 0 Å². The molecule has 0 bridgehead atoms. The minimum Gasteiger partial charge on any atom is -0.353 e. The Morgan fingerprint density at radius 1 is 1.29 bits per heavy atom. The number of carbonyl (C=O) groups excluding carboxylic acids is 1. The van der Waals surface area contributed by atoms with E-state index in [1.54, 1.807) is 0 Å². The van der Waals surface area contributed by atoms with Crippen molar-refractivity contribution < 1.29 is 4.79 Å². The van der Waals surface area contributed by atoms with E-state index in [0.29, 0.717) is 12.5 Å². The first kappa shape index (κ1) is 14.0. The maximum absolute atomic E-state index is 11.2. The lowest BCUT2D eigenvalue weighted by atomic mass is 9.97. The van der Waals surface area contributed by atoms with Gasteiger partial charge in [0.2, 0.25) is 5.91 Å². The van der Waals surface area contributed by atoms with Crippen molar-refractivity contribution in [1.29, 1.82) is 0 Å². The van der Waals surface area contributed by atoms with Gasteiger partial charge in [0.15, 0.2) is 0 Å². The molecule has 94 valence electrons. The molecule has 3 heteroatoms. The number of amides is 1. The molecule has 0 aliphatic carbocycles. The maximum Gasteiger partial charge on any atom is 0.220 e. The van der Waals surface area contributed by atoms with Crippen LogP contribution in [0.5, 0.6) is 0 Å². The summed E-state index contributed by atoms with van der Waals surface area (Å²) in [7, 11) is 0. The number of piperidine rings is 1. The molecule has 1 aromatic rings. The van der Waals surface area contributed by atoms with E-state index in [1.807, 2.05) is 38.1 Å². The summed E-state index contributed by atoms with van der Waals surface area (Å²) in [5, 5.41) is 3.76. The first-order chi connectivity index (χ1) is 8.24. The number of hydrogen-bond acceptors (Lipinski definition) is 1. The van der Waals surface area contributed by atoms with Crippen molar-refractivity contribution in [2.24, 2.45) is 0 Å². The molecule has 1 aliphatic heterocycles. The van der Waals surface area contributed by atoms with Gasteiger partial charge in [-0.05, 0) is 37.0 Å². The van der Waals surface area contributed by atoms with Gasteiger partial charge in [-0.25, -0.2) is 0 Å². The minimum absolute atomic E-state index is 0.181. The predicted molar refractivity (Wildman–Crippen MR) is 72.3 cm³/mol. The Labute approximate surface area is 108 Å². The van der Waals surface area contributed by atoms with Gasteiger partial charge in [0.05, 0.1) is 0 Å². The molecule has 0 saturated carbocycles. The van der Waals surface area contributed by atoms with Crippen molar-refractivity contribution in [3.63, 3.8) is 0 Å². The SMILES string of the molecule is CC.O=C1CCCC(Cc2ccc(Cl)cc2)N1. The van der Waals surface area contributed by atoms with Crippen molar-refractivity contribution in [3.05, 3.63) is 34.9 Å². The van der Waals surface area contributed by atoms with Gasteiger partial charge in [0.1, 0.15) is 0 Å². The lowest BCUT2D eigenvalue weighted by molar-refractivity contribution is -0.123. The van der Waals surface area contributed by atoms with Crippen LogP contribution in [0.15, 0.2) is 24.3 Å². The third-order valence-electron chi connectivity index (χ3n) is 2.72. The number of halogens is 1. The van der Waals surface area contributed by atoms with Crippen LogP contribution in [0, 0.1) is 0 Å². The zero-order valence-electron chi connectivity index (χ0n) is 10.5. The van der Waals surface area contributed by atoms with Crippen LogP contribution >= 0.6 is 11.6 Å². The fourth-order valence-electron chi connectivity index (χ4n) is 1.94. The molecule has 1 N–H and O–H groups in total. The van der Waals surface area contributed by atoms with E-state index in [4.69, 9.17) is 11.6 Å². The minimum atomic E-state index is 0.181. The van der Waals surface area contributed by atoms with Crippen molar-refractivity contribution >= 4 is 17.5 Å². The van der Waals surface area contributed by atoms with Gasteiger partial charge < -0.3 is 5.32 Å². The first-order valence-electron chi connectivity index (χ1n) is 6.28. The molecule has 1 aliphatic rings. The monoisotopic (exact) mass is 253 g/mol. The lowest BCUT2D eigenvalue weighted by Gasteiger charge is -2.23. The van der Waals surface area contributed by atoms with Crippen molar-refractivity contribution in [1.82, 2.24) is 5.32 Å². The summed E-state index contributed by atoms with van der Waals surface area (Å²) in [6, 6.07) is 8.11. The molecule has 2 nitrogen and oxygen atoms in total. The molecule has 1 amide bonds. The van der Waals surface area contributed by atoms with E-state index in [9.17, 15) is 4.79 Å². The Bertz CT molecular complexity index is 348. The van der Waals surface area contributed by atoms with Crippen LogP contribution in [-0.4, -0.2) is 11.9 Å². The van der Waals surface area contributed by atoms with Gasteiger partial charge in [-0.3, -0.25) is 4.79 Å². The summed E-state index contributed by atoms with van der Waals surface area (Å²) in [4.78, 5) is 11.2. The van der Waals surface area contributed by atoms with Crippen molar-refractivity contribution in [2.75, 3.05) is 0 Å². The molecule has 1 saturated heterocycles. The highest BCUT2D eigenvalue weighted by atomic mass is 35.5. The van der Waals surface area contributed by atoms with Crippen molar-refractivity contribution in [2.45, 2.75) is 45.6 Å². The molecule has 2 rings (SSSR count). The van der Waals surface area contributed by atoms with Crippen LogP contribution in [0.2, 0.25) is 5.02 Å². The van der Waals surface area contributed by atoms with Crippen LogP contribution < -0.4 is 5.32 Å². The number of benzene rings is 1. The zero-order chi connectivity index (χ0) is 12.7. The second-order valence-electron chi connectivity index (χ2n) is 3.99. The van der Waals surface area contributed by atoms with Crippen LogP contribution in [0.3, 0.4) is 0 Å². The highest BCUT2D eigenvalue weighted by Crippen LogP contribution is 2.15. The summed E-state index contributed by atoms with van der Waals surface area (Å²) >= 11 is 5.81. The summed E-state index contributed by atoms with van der Waals surface area (Å²) in [5.74, 6) is 0.181. The third-order valence-corrected chi connectivity index (χ3v) is 2.97. The molecule has 1 unspecified atom stereocenters. The zero-order valence-corrected chi connectivity index (χ0v) is 11.3. The van der Waals surface area contributed by atoms with E-state index >= 15 is 0 Å². The summed E-state index contributed by atoms with van der Waals surface area (Å²) in [5.41, 5.74) is 1.23. The summed E-state index contributed by atoms with van der Waals surface area (Å²) in [6.45, 7) is 4.00. The molecule has 0 radical (unpaired) electrons. The summed E-state index contributed by atoms with van der Waals surface area (Å²) in [6.07, 6.45) is 3.67. The number of rotatable bonds is 2. The Hall–Kier alpha value is -1.02. The lowest BCUT2D eigenvalue weighted by Crippen LogP contribution is -2.39. The van der Waals surface area contributed by atoms with E-state index in [-0.39, 0.29) is 5.91 Å². The van der Waals surface area contributed by atoms with Crippen LogP contribution in [0.4, 0.5) is 0 Å². The molecule has 1 fully saturated rings. The van der Waals surface area contributed by atoms with E-state index in [1.165, 1.54) is 5.56 Å². The fourth-order valence-corrected chi connectivity index (χ4v) is 2.07. The molecule has 1 atom stereocenters. The quantitative estimate of drug-likeness (QED) is 0.858. The Balaban J connectivity index is 0.000000686. The van der Waals surface area contributed by atoms with Gasteiger partial charge in [0.25, 0.3) is 0 Å². The Kier molecular flexibility index (Phi) is 6.06. The topological polar surface area (TPSA) is 29.1 Å². The number of hydrogen-bond donors (Lipinski definition) is 1. The largest absolute Gasteiger partial charge is 0.353 e. The van der Waals surface area contributed by atoms with E-state index in [0.717, 1.165) is 24.3 Å².